The Labute approximate surface area is 127 Å². The van der Waals surface area contributed by atoms with Crippen molar-refractivity contribution in [3.8, 4) is 0 Å². The lowest BCUT2D eigenvalue weighted by Crippen LogP contribution is -2.29. The minimum absolute atomic E-state index is 0.497. The molecule has 0 radical (unpaired) electrons. The Balaban J connectivity index is 1.58. The van der Waals surface area contributed by atoms with Crippen molar-refractivity contribution in [1.82, 2.24) is 5.32 Å². The highest BCUT2D eigenvalue weighted by molar-refractivity contribution is 7.99. The molecule has 0 aliphatic heterocycles. The molecule has 1 N–H and O–H groups in total. The van der Waals surface area contributed by atoms with Gasteiger partial charge in [-0.3, -0.25) is 0 Å². The van der Waals surface area contributed by atoms with Crippen LogP contribution in [0, 0.1) is 0 Å². The van der Waals surface area contributed by atoms with Crippen LogP contribution in [0.2, 0.25) is 0 Å². The Bertz CT molecular complexity index is 457. The third kappa shape index (κ3) is 3.23. The largest absolute Gasteiger partial charge is 0.307 e. The molecule has 0 aromatic heterocycles. The third-order valence-electron chi connectivity index (χ3n) is 4.90. The minimum atomic E-state index is 0.497. The Morgan fingerprint density at radius 2 is 2.10 bits per heavy atom. The van der Waals surface area contributed by atoms with Crippen LogP contribution in [0.5, 0.6) is 0 Å². The van der Waals surface area contributed by atoms with Crippen molar-refractivity contribution in [2.75, 3.05) is 5.75 Å². The summed E-state index contributed by atoms with van der Waals surface area (Å²) >= 11 is 2.14. The number of nitrogens with one attached hydrogen (secondary N) is 1. The summed E-state index contributed by atoms with van der Waals surface area (Å²) in [5.41, 5.74) is 4.67. The van der Waals surface area contributed by atoms with E-state index < -0.39 is 0 Å². The molecule has 3 rings (SSSR count). The number of aryl methyl sites for hydroxylation is 2. The highest BCUT2D eigenvalue weighted by atomic mass is 32.2. The molecule has 1 nitrogen and oxygen atoms in total. The van der Waals surface area contributed by atoms with Crippen LogP contribution in [-0.4, -0.2) is 17.0 Å². The summed E-state index contributed by atoms with van der Waals surface area (Å²) in [5.74, 6) is 1.26. The number of thioether (sulfide) groups is 1. The zero-order valence-electron chi connectivity index (χ0n) is 12.8. The maximum absolute atomic E-state index is 3.86. The minimum Gasteiger partial charge on any atom is -0.307 e. The van der Waals surface area contributed by atoms with Gasteiger partial charge in [0.05, 0.1) is 0 Å². The van der Waals surface area contributed by atoms with Crippen molar-refractivity contribution in [3.05, 3.63) is 34.9 Å². The number of benzene rings is 1. The van der Waals surface area contributed by atoms with Gasteiger partial charge in [0.15, 0.2) is 0 Å². The molecule has 20 heavy (non-hydrogen) atoms. The van der Waals surface area contributed by atoms with E-state index in [0.717, 1.165) is 11.3 Å². The number of hydrogen-bond donors (Lipinski definition) is 1. The van der Waals surface area contributed by atoms with Crippen molar-refractivity contribution >= 4 is 11.8 Å². The Hall–Kier alpha value is -0.470. The van der Waals surface area contributed by atoms with E-state index in [1.165, 1.54) is 49.8 Å². The number of hydrogen-bond acceptors (Lipinski definition) is 2. The average molecular weight is 289 g/mol. The second-order valence-electron chi connectivity index (χ2n) is 6.36. The zero-order chi connectivity index (χ0) is 13.9. The van der Waals surface area contributed by atoms with E-state index in [0.29, 0.717) is 6.04 Å². The molecule has 3 unspecified atom stereocenters. The first-order valence-electron chi connectivity index (χ1n) is 8.25. The lowest BCUT2D eigenvalue weighted by atomic mass is 10.0. The summed E-state index contributed by atoms with van der Waals surface area (Å²) in [5, 5.41) is 4.75. The van der Waals surface area contributed by atoms with Crippen LogP contribution in [0.15, 0.2) is 18.2 Å². The van der Waals surface area contributed by atoms with Gasteiger partial charge in [-0.05, 0) is 67.9 Å². The van der Waals surface area contributed by atoms with Crippen LogP contribution in [0.25, 0.3) is 0 Å². The van der Waals surface area contributed by atoms with Crippen LogP contribution in [0.1, 0.15) is 62.3 Å². The van der Waals surface area contributed by atoms with E-state index >= 15 is 0 Å². The topological polar surface area (TPSA) is 12.0 Å². The van der Waals surface area contributed by atoms with Crippen LogP contribution >= 0.6 is 11.8 Å². The van der Waals surface area contributed by atoms with Gasteiger partial charge in [-0.2, -0.15) is 11.8 Å². The predicted molar refractivity (Wildman–Crippen MR) is 89.6 cm³/mol. The van der Waals surface area contributed by atoms with Gasteiger partial charge in [0.1, 0.15) is 0 Å². The van der Waals surface area contributed by atoms with E-state index in [2.05, 4.69) is 49.1 Å². The monoisotopic (exact) mass is 289 g/mol. The fraction of sp³-hybridized carbons (Fsp3) is 0.667. The summed E-state index contributed by atoms with van der Waals surface area (Å²) in [6.45, 7) is 4.61. The summed E-state index contributed by atoms with van der Waals surface area (Å²) in [6, 6.07) is 8.38. The van der Waals surface area contributed by atoms with Gasteiger partial charge in [-0.1, -0.05) is 25.1 Å². The van der Waals surface area contributed by atoms with Gasteiger partial charge < -0.3 is 5.32 Å². The molecule has 0 heterocycles. The molecule has 0 bridgehead atoms. The van der Waals surface area contributed by atoms with E-state index in [4.69, 9.17) is 0 Å². The van der Waals surface area contributed by atoms with Gasteiger partial charge in [0.2, 0.25) is 0 Å². The maximum atomic E-state index is 3.86. The van der Waals surface area contributed by atoms with Crippen molar-refractivity contribution in [3.63, 3.8) is 0 Å². The van der Waals surface area contributed by atoms with Gasteiger partial charge in [0.25, 0.3) is 0 Å². The Morgan fingerprint density at radius 3 is 2.95 bits per heavy atom. The molecule has 1 aromatic rings. The van der Waals surface area contributed by atoms with Crippen molar-refractivity contribution in [2.24, 2.45) is 0 Å². The molecule has 2 aliphatic carbocycles. The fourth-order valence-electron chi connectivity index (χ4n) is 3.79. The molecule has 2 heteroatoms. The maximum Gasteiger partial charge on any atom is 0.0294 e. The molecule has 1 saturated carbocycles. The summed E-state index contributed by atoms with van der Waals surface area (Å²) in [4.78, 5) is 0. The molecule has 1 fully saturated rings. The predicted octanol–water partition coefficient (Wildman–Crippen LogP) is 4.50. The second kappa shape index (κ2) is 6.53. The van der Waals surface area contributed by atoms with Crippen LogP contribution in [0.4, 0.5) is 0 Å². The van der Waals surface area contributed by atoms with Crippen LogP contribution in [-0.2, 0) is 12.8 Å². The van der Waals surface area contributed by atoms with Gasteiger partial charge in [-0.25, -0.2) is 0 Å². The van der Waals surface area contributed by atoms with E-state index in [9.17, 15) is 0 Å². The standard InChI is InChI=1S/C18H27NS/c1-3-20-18-10-9-17(12-18)19-13(2)15-8-7-14-5-4-6-16(14)11-15/h7-8,11,13,17-19H,3-6,9-10,12H2,1-2H3. The first kappa shape index (κ1) is 14.5. The summed E-state index contributed by atoms with van der Waals surface area (Å²) in [7, 11) is 0. The average Bonchev–Trinajstić information content (AvgIpc) is 3.07. The van der Waals surface area contributed by atoms with Crippen molar-refractivity contribution < 1.29 is 0 Å². The van der Waals surface area contributed by atoms with E-state index in [-0.39, 0.29) is 0 Å². The first-order chi connectivity index (χ1) is 9.76. The van der Waals surface area contributed by atoms with Gasteiger partial charge >= 0.3 is 0 Å². The smallest absolute Gasteiger partial charge is 0.0294 e. The second-order valence-corrected chi connectivity index (χ2v) is 7.93. The third-order valence-corrected chi connectivity index (χ3v) is 6.13. The van der Waals surface area contributed by atoms with Gasteiger partial charge in [-0.15, -0.1) is 0 Å². The first-order valence-corrected chi connectivity index (χ1v) is 9.30. The quantitative estimate of drug-likeness (QED) is 0.856. The van der Waals surface area contributed by atoms with E-state index in [1.807, 2.05) is 0 Å². The number of rotatable bonds is 5. The van der Waals surface area contributed by atoms with Gasteiger partial charge in [0, 0.05) is 17.3 Å². The Morgan fingerprint density at radius 1 is 1.25 bits per heavy atom. The molecule has 0 amide bonds. The molecular weight excluding hydrogens is 262 g/mol. The highest BCUT2D eigenvalue weighted by Gasteiger charge is 2.25. The highest BCUT2D eigenvalue weighted by Crippen LogP contribution is 2.31. The Kier molecular flexibility index (Phi) is 4.72. The van der Waals surface area contributed by atoms with Crippen LogP contribution in [0.3, 0.4) is 0 Å². The molecule has 2 aliphatic rings. The van der Waals surface area contributed by atoms with Crippen LogP contribution < -0.4 is 5.32 Å². The molecule has 3 atom stereocenters. The zero-order valence-corrected chi connectivity index (χ0v) is 13.6. The SMILES string of the molecule is CCSC1CCC(NC(C)c2ccc3c(c2)CCC3)C1. The fourth-order valence-corrected chi connectivity index (χ4v) is 4.93. The lowest BCUT2D eigenvalue weighted by Gasteiger charge is -2.20. The molecule has 0 spiro atoms. The lowest BCUT2D eigenvalue weighted by molar-refractivity contribution is 0.462. The van der Waals surface area contributed by atoms with Crippen molar-refractivity contribution in [1.29, 1.82) is 0 Å². The normalized spacial score (nSPS) is 26.7. The summed E-state index contributed by atoms with van der Waals surface area (Å²) in [6.07, 6.45) is 8.03. The molecule has 110 valence electrons. The molecular formula is C18H27NS. The van der Waals surface area contributed by atoms with E-state index in [1.54, 1.807) is 11.1 Å². The number of fused-ring (bicyclic) bond motifs is 1. The molecule has 1 aromatic carbocycles. The van der Waals surface area contributed by atoms with Crippen molar-refractivity contribution in [2.45, 2.75) is 69.7 Å². The molecule has 0 saturated heterocycles. The summed E-state index contributed by atoms with van der Waals surface area (Å²) < 4.78 is 0.